The van der Waals surface area contributed by atoms with Gasteiger partial charge in [0.2, 0.25) is 0 Å². The summed E-state index contributed by atoms with van der Waals surface area (Å²) in [6, 6.07) is 5.81. The van der Waals surface area contributed by atoms with Crippen molar-refractivity contribution in [2.45, 2.75) is 73.1 Å². The topological polar surface area (TPSA) is 54.4 Å². The summed E-state index contributed by atoms with van der Waals surface area (Å²) in [5.41, 5.74) is 3.20. The average molecular weight is 334 g/mol. The third-order valence-corrected chi connectivity index (χ3v) is 4.70. The van der Waals surface area contributed by atoms with E-state index in [-0.39, 0.29) is 5.92 Å². The molecule has 1 aromatic rings. The van der Waals surface area contributed by atoms with Gasteiger partial charge in [0.1, 0.15) is 6.29 Å². The number of aryl methyl sites for hydroxylation is 1. The number of hydrogen-bond donors (Lipinski definition) is 1. The molecule has 0 aliphatic heterocycles. The number of rotatable bonds is 4. The molecule has 0 radical (unpaired) electrons. The smallest absolute Gasteiger partial charge is 0.306 e. The minimum absolute atomic E-state index is 0.0437. The predicted molar refractivity (Wildman–Crippen MR) is 101 cm³/mol. The van der Waals surface area contributed by atoms with Crippen molar-refractivity contribution in [3.05, 3.63) is 34.9 Å². The lowest BCUT2D eigenvalue weighted by Gasteiger charge is -2.24. The van der Waals surface area contributed by atoms with Gasteiger partial charge in [0.25, 0.3) is 0 Å². The van der Waals surface area contributed by atoms with Crippen LogP contribution in [0.5, 0.6) is 0 Å². The molecule has 1 aromatic carbocycles. The summed E-state index contributed by atoms with van der Waals surface area (Å²) in [5.74, 6) is 0.156. The minimum atomic E-state index is -0.598. The Morgan fingerprint density at radius 2 is 1.75 bits per heavy atom. The standard InChI is InChI=1S/C10H12O.C9H16O2.C2H6/c1-3-10-8(2)5-4-6-9(10)7-11;1-2-7-3-5-8(6-4-7)9(10)11;1-2/h4-7H,3H2,1-2H3;7-8H,2-6H2,1H3,(H,10,11);1-2H3. The van der Waals surface area contributed by atoms with E-state index in [4.69, 9.17) is 5.11 Å². The van der Waals surface area contributed by atoms with Gasteiger partial charge in [-0.05, 0) is 56.1 Å². The van der Waals surface area contributed by atoms with Gasteiger partial charge in [-0.3, -0.25) is 9.59 Å². The zero-order valence-electron chi connectivity index (χ0n) is 16.0. The van der Waals surface area contributed by atoms with Crippen LogP contribution in [0.25, 0.3) is 0 Å². The predicted octanol–water partition coefficient (Wildman–Crippen LogP) is 5.68. The lowest BCUT2D eigenvalue weighted by atomic mass is 9.81. The molecule has 0 amide bonds. The van der Waals surface area contributed by atoms with E-state index in [2.05, 4.69) is 13.8 Å². The van der Waals surface area contributed by atoms with Crippen molar-refractivity contribution < 1.29 is 14.7 Å². The molecule has 24 heavy (non-hydrogen) atoms. The zero-order valence-corrected chi connectivity index (χ0v) is 16.0. The average Bonchev–Trinajstić information content (AvgIpc) is 2.63. The quantitative estimate of drug-likeness (QED) is 0.720. The van der Waals surface area contributed by atoms with Crippen LogP contribution in [0, 0.1) is 18.8 Å². The normalized spacial score (nSPS) is 19.2. The van der Waals surface area contributed by atoms with Crippen LogP contribution in [-0.4, -0.2) is 17.4 Å². The van der Waals surface area contributed by atoms with Crippen LogP contribution in [-0.2, 0) is 11.2 Å². The van der Waals surface area contributed by atoms with Crippen molar-refractivity contribution in [3.63, 3.8) is 0 Å². The van der Waals surface area contributed by atoms with E-state index < -0.39 is 5.97 Å². The Labute approximate surface area is 147 Å². The van der Waals surface area contributed by atoms with Gasteiger partial charge in [-0.25, -0.2) is 0 Å². The monoisotopic (exact) mass is 334 g/mol. The highest BCUT2D eigenvalue weighted by Gasteiger charge is 2.24. The van der Waals surface area contributed by atoms with Crippen LogP contribution in [0.1, 0.15) is 81.3 Å². The fourth-order valence-electron chi connectivity index (χ4n) is 3.14. The highest BCUT2D eigenvalue weighted by atomic mass is 16.4. The van der Waals surface area contributed by atoms with Gasteiger partial charge in [0.15, 0.2) is 0 Å². The number of carboxylic acid groups (broad SMARTS) is 1. The summed E-state index contributed by atoms with van der Waals surface area (Å²) in [4.78, 5) is 21.1. The second-order valence-electron chi connectivity index (χ2n) is 6.08. The molecule has 0 aromatic heterocycles. The van der Waals surface area contributed by atoms with E-state index in [0.717, 1.165) is 49.9 Å². The Hall–Kier alpha value is -1.64. The molecule has 1 saturated carbocycles. The molecule has 0 spiro atoms. The first-order valence-electron chi connectivity index (χ1n) is 9.29. The molecule has 1 N–H and O–H groups in total. The van der Waals surface area contributed by atoms with Crippen LogP contribution in [0.2, 0.25) is 0 Å². The first kappa shape index (κ1) is 22.4. The molecule has 2 rings (SSSR count). The highest BCUT2D eigenvalue weighted by Crippen LogP contribution is 2.30. The maximum Gasteiger partial charge on any atom is 0.306 e. The Morgan fingerprint density at radius 1 is 1.17 bits per heavy atom. The first-order valence-corrected chi connectivity index (χ1v) is 9.29. The molecule has 0 heterocycles. The highest BCUT2D eigenvalue weighted by molar-refractivity contribution is 5.77. The summed E-state index contributed by atoms with van der Waals surface area (Å²) in [7, 11) is 0. The largest absolute Gasteiger partial charge is 0.481 e. The number of hydrogen-bond acceptors (Lipinski definition) is 2. The van der Waals surface area contributed by atoms with Gasteiger partial charge in [-0.1, -0.05) is 52.3 Å². The molecule has 0 saturated heterocycles. The molecule has 1 fully saturated rings. The Balaban J connectivity index is 0.000000400. The molecule has 1 aliphatic rings. The third kappa shape index (κ3) is 7.29. The minimum Gasteiger partial charge on any atom is -0.481 e. The maximum atomic E-state index is 10.5. The Kier molecular flexibility index (Phi) is 11.9. The van der Waals surface area contributed by atoms with Gasteiger partial charge in [0, 0.05) is 5.56 Å². The third-order valence-electron chi connectivity index (χ3n) is 4.70. The maximum absolute atomic E-state index is 10.5. The van der Waals surface area contributed by atoms with Gasteiger partial charge >= 0.3 is 5.97 Å². The second-order valence-corrected chi connectivity index (χ2v) is 6.08. The molecular weight excluding hydrogens is 300 g/mol. The number of aliphatic carboxylic acids is 1. The molecular formula is C21H34O3. The van der Waals surface area contributed by atoms with Gasteiger partial charge in [-0.2, -0.15) is 0 Å². The number of aldehydes is 1. The van der Waals surface area contributed by atoms with E-state index in [9.17, 15) is 9.59 Å². The van der Waals surface area contributed by atoms with E-state index >= 15 is 0 Å². The lowest BCUT2D eigenvalue weighted by molar-refractivity contribution is -0.143. The summed E-state index contributed by atoms with van der Waals surface area (Å²) in [5, 5.41) is 8.70. The summed E-state index contributed by atoms with van der Waals surface area (Å²) >= 11 is 0. The van der Waals surface area contributed by atoms with Crippen LogP contribution in [0.3, 0.4) is 0 Å². The van der Waals surface area contributed by atoms with Crippen LogP contribution in [0.4, 0.5) is 0 Å². The fourth-order valence-corrected chi connectivity index (χ4v) is 3.14. The molecule has 0 atom stereocenters. The van der Waals surface area contributed by atoms with Crippen molar-refractivity contribution in [2.24, 2.45) is 11.8 Å². The molecule has 3 nitrogen and oxygen atoms in total. The van der Waals surface area contributed by atoms with Gasteiger partial charge in [-0.15, -0.1) is 0 Å². The fraction of sp³-hybridized carbons (Fsp3) is 0.619. The summed E-state index contributed by atoms with van der Waals surface area (Å²) < 4.78 is 0. The molecule has 3 heteroatoms. The van der Waals surface area contributed by atoms with E-state index in [0.29, 0.717) is 0 Å². The number of benzene rings is 1. The second kappa shape index (κ2) is 12.7. The van der Waals surface area contributed by atoms with E-state index in [1.807, 2.05) is 39.0 Å². The summed E-state index contributed by atoms with van der Waals surface area (Å²) in [6.45, 7) is 10.3. The first-order chi connectivity index (χ1) is 11.5. The van der Waals surface area contributed by atoms with Crippen LogP contribution >= 0.6 is 0 Å². The number of carbonyl (C=O) groups excluding carboxylic acids is 1. The number of carbonyl (C=O) groups is 2. The van der Waals surface area contributed by atoms with E-state index in [1.165, 1.54) is 17.5 Å². The lowest BCUT2D eigenvalue weighted by Crippen LogP contribution is -2.20. The van der Waals surface area contributed by atoms with Crippen molar-refractivity contribution in [3.8, 4) is 0 Å². The van der Waals surface area contributed by atoms with Crippen molar-refractivity contribution >= 4 is 12.3 Å². The van der Waals surface area contributed by atoms with Crippen LogP contribution < -0.4 is 0 Å². The molecule has 0 bridgehead atoms. The van der Waals surface area contributed by atoms with E-state index in [1.54, 1.807) is 0 Å². The molecule has 136 valence electrons. The van der Waals surface area contributed by atoms with Crippen molar-refractivity contribution in [1.29, 1.82) is 0 Å². The van der Waals surface area contributed by atoms with Gasteiger partial charge < -0.3 is 5.11 Å². The summed E-state index contributed by atoms with van der Waals surface area (Å²) in [6.07, 6.45) is 7.10. The Bertz CT molecular complexity index is 486. The van der Waals surface area contributed by atoms with Gasteiger partial charge in [0.05, 0.1) is 5.92 Å². The molecule has 0 unspecified atom stereocenters. The number of carboxylic acids is 1. The van der Waals surface area contributed by atoms with Crippen LogP contribution in [0.15, 0.2) is 18.2 Å². The van der Waals surface area contributed by atoms with Crippen molar-refractivity contribution in [1.82, 2.24) is 0 Å². The Morgan fingerprint density at radius 3 is 2.12 bits per heavy atom. The van der Waals surface area contributed by atoms with Crippen molar-refractivity contribution in [2.75, 3.05) is 0 Å². The molecule has 1 aliphatic carbocycles. The zero-order chi connectivity index (χ0) is 18.5. The SMILES string of the molecule is CC.CCC1CCC(C(=O)O)CC1.CCc1c(C)cccc1C=O.